The quantitative estimate of drug-likeness (QED) is 0.192. The number of hydrogen-bond donors (Lipinski definition) is 0. The number of rotatable bonds is 1. The molecule has 0 aromatic carbocycles. The van der Waals surface area contributed by atoms with Crippen molar-refractivity contribution >= 4 is 11.6 Å². The molecule has 0 heterocycles. The normalized spacial score (nSPS) is 32.1. The van der Waals surface area contributed by atoms with Gasteiger partial charge in [0.15, 0.2) is 0 Å². The van der Waals surface area contributed by atoms with Gasteiger partial charge >= 0.3 is 0 Å². The van der Waals surface area contributed by atoms with Crippen molar-refractivity contribution in [1.29, 1.82) is 0 Å². The second-order valence-electron chi connectivity index (χ2n) is 2.93. The summed E-state index contributed by atoms with van der Waals surface area (Å²) in [6, 6.07) is 0.0316. The Balaban J connectivity index is 2.51. The summed E-state index contributed by atoms with van der Waals surface area (Å²) >= 11 is 6.00. The van der Waals surface area contributed by atoms with Gasteiger partial charge in [0.2, 0.25) is 0 Å². The monoisotopic (exact) mass is 173 g/mol. The van der Waals surface area contributed by atoms with Gasteiger partial charge in [-0.1, -0.05) is 24.4 Å². The van der Waals surface area contributed by atoms with Crippen LogP contribution in [0.3, 0.4) is 0 Å². The molecule has 0 spiro atoms. The molecule has 1 fully saturated rings. The molecular formula is C7H12ClN3. The third kappa shape index (κ3) is 2.60. The molecule has 1 aliphatic rings. The molecule has 0 unspecified atom stereocenters. The summed E-state index contributed by atoms with van der Waals surface area (Å²) in [5, 5.41) is 3.74. The lowest BCUT2D eigenvalue weighted by molar-refractivity contribution is 0.587. The summed E-state index contributed by atoms with van der Waals surface area (Å²) in [5.41, 5.74) is 8.23. The Kier molecular flexibility index (Phi) is 3.53. The number of alkyl halides is 1. The lowest BCUT2D eigenvalue weighted by Crippen LogP contribution is -2.15. The standard InChI is InChI=1S/C7H12ClN3/c8-6-4-2-1-3-5-7(6)10-11-9/h6-7H,1-5H2/t6-,7+/m0/s1. The Bertz CT molecular complexity index is 165. The second kappa shape index (κ2) is 4.47. The maximum absolute atomic E-state index is 8.23. The van der Waals surface area contributed by atoms with Crippen molar-refractivity contribution in [2.24, 2.45) is 5.11 Å². The molecule has 0 aliphatic heterocycles. The summed E-state index contributed by atoms with van der Waals surface area (Å²) in [6.45, 7) is 0. The minimum atomic E-state index is 0.0316. The van der Waals surface area contributed by atoms with E-state index in [9.17, 15) is 0 Å². The first-order valence-electron chi connectivity index (χ1n) is 4.03. The van der Waals surface area contributed by atoms with Crippen LogP contribution in [0.15, 0.2) is 5.11 Å². The van der Waals surface area contributed by atoms with E-state index in [2.05, 4.69) is 10.0 Å². The minimum absolute atomic E-state index is 0.0316. The molecule has 1 saturated carbocycles. The smallest absolute Gasteiger partial charge is 0.0537 e. The van der Waals surface area contributed by atoms with Crippen molar-refractivity contribution in [1.82, 2.24) is 0 Å². The van der Waals surface area contributed by atoms with Crippen molar-refractivity contribution in [2.75, 3.05) is 0 Å². The average molecular weight is 174 g/mol. The summed E-state index contributed by atoms with van der Waals surface area (Å²) < 4.78 is 0. The van der Waals surface area contributed by atoms with E-state index in [0.717, 1.165) is 19.3 Å². The molecule has 0 N–H and O–H groups in total. The van der Waals surface area contributed by atoms with Crippen molar-refractivity contribution in [2.45, 2.75) is 43.5 Å². The number of nitrogens with zero attached hydrogens (tertiary/aromatic N) is 3. The van der Waals surface area contributed by atoms with Crippen LogP contribution in [-0.4, -0.2) is 11.4 Å². The first-order chi connectivity index (χ1) is 5.34. The maximum Gasteiger partial charge on any atom is 0.0537 e. The Labute approximate surface area is 71.4 Å². The van der Waals surface area contributed by atoms with E-state index in [1.165, 1.54) is 12.8 Å². The zero-order valence-electron chi connectivity index (χ0n) is 6.41. The van der Waals surface area contributed by atoms with Gasteiger partial charge in [0.05, 0.1) is 6.04 Å². The Morgan fingerprint density at radius 3 is 2.73 bits per heavy atom. The van der Waals surface area contributed by atoms with E-state index < -0.39 is 0 Å². The van der Waals surface area contributed by atoms with E-state index in [4.69, 9.17) is 17.1 Å². The fourth-order valence-electron chi connectivity index (χ4n) is 1.44. The molecule has 0 aromatic heterocycles. The van der Waals surface area contributed by atoms with Gasteiger partial charge in [0.1, 0.15) is 0 Å². The molecule has 3 nitrogen and oxygen atoms in total. The van der Waals surface area contributed by atoms with Crippen LogP contribution in [0, 0.1) is 0 Å². The van der Waals surface area contributed by atoms with Crippen molar-refractivity contribution < 1.29 is 0 Å². The first kappa shape index (κ1) is 8.69. The second-order valence-corrected chi connectivity index (χ2v) is 3.49. The van der Waals surface area contributed by atoms with Gasteiger partial charge in [-0.3, -0.25) is 0 Å². The zero-order chi connectivity index (χ0) is 8.10. The summed E-state index contributed by atoms with van der Waals surface area (Å²) in [7, 11) is 0. The van der Waals surface area contributed by atoms with Gasteiger partial charge in [-0.05, 0) is 18.4 Å². The predicted molar refractivity (Wildman–Crippen MR) is 45.7 cm³/mol. The van der Waals surface area contributed by atoms with Crippen LogP contribution in [-0.2, 0) is 0 Å². The lowest BCUT2D eigenvalue weighted by atomic mass is 10.1. The molecular weight excluding hydrogens is 162 g/mol. The van der Waals surface area contributed by atoms with E-state index in [-0.39, 0.29) is 11.4 Å². The average Bonchev–Trinajstić information content (AvgIpc) is 2.18. The van der Waals surface area contributed by atoms with Crippen LogP contribution in [0.1, 0.15) is 32.1 Å². The number of azide groups is 1. The molecule has 1 aliphatic carbocycles. The van der Waals surface area contributed by atoms with Crippen LogP contribution in [0.4, 0.5) is 0 Å². The molecule has 0 bridgehead atoms. The van der Waals surface area contributed by atoms with Gasteiger partial charge in [-0.25, -0.2) is 0 Å². The highest BCUT2D eigenvalue weighted by Gasteiger charge is 2.19. The molecule has 2 atom stereocenters. The topological polar surface area (TPSA) is 48.8 Å². The predicted octanol–water partition coefficient (Wildman–Crippen LogP) is 3.24. The maximum atomic E-state index is 8.23. The Morgan fingerprint density at radius 2 is 2.00 bits per heavy atom. The van der Waals surface area contributed by atoms with E-state index in [0.29, 0.717) is 0 Å². The van der Waals surface area contributed by atoms with Crippen molar-refractivity contribution in [3.63, 3.8) is 0 Å². The fraction of sp³-hybridized carbons (Fsp3) is 1.00. The van der Waals surface area contributed by atoms with Gasteiger partial charge in [0.25, 0.3) is 0 Å². The molecule has 0 radical (unpaired) electrons. The molecule has 62 valence electrons. The number of halogens is 1. The van der Waals surface area contributed by atoms with Gasteiger partial charge < -0.3 is 0 Å². The third-order valence-electron chi connectivity index (χ3n) is 2.10. The molecule has 0 saturated heterocycles. The Hall–Kier alpha value is -0.400. The molecule has 11 heavy (non-hydrogen) atoms. The largest absolute Gasteiger partial charge is 0.123 e. The highest BCUT2D eigenvalue weighted by atomic mass is 35.5. The van der Waals surface area contributed by atoms with Crippen LogP contribution >= 0.6 is 11.6 Å². The first-order valence-corrected chi connectivity index (χ1v) is 4.46. The van der Waals surface area contributed by atoms with Gasteiger partial charge in [-0.15, -0.1) is 11.6 Å². The van der Waals surface area contributed by atoms with Crippen LogP contribution in [0.25, 0.3) is 10.4 Å². The van der Waals surface area contributed by atoms with Crippen molar-refractivity contribution in [3.8, 4) is 0 Å². The zero-order valence-corrected chi connectivity index (χ0v) is 7.17. The fourth-order valence-corrected chi connectivity index (χ4v) is 1.77. The van der Waals surface area contributed by atoms with E-state index in [1.54, 1.807) is 0 Å². The summed E-state index contributed by atoms with van der Waals surface area (Å²) in [4.78, 5) is 2.79. The molecule has 0 amide bonds. The number of hydrogen-bond acceptors (Lipinski definition) is 1. The van der Waals surface area contributed by atoms with Crippen LogP contribution in [0.5, 0.6) is 0 Å². The van der Waals surface area contributed by atoms with E-state index in [1.807, 2.05) is 0 Å². The van der Waals surface area contributed by atoms with Crippen LogP contribution in [0.2, 0.25) is 0 Å². The molecule has 0 aromatic rings. The molecule has 1 rings (SSSR count). The summed E-state index contributed by atoms with van der Waals surface area (Å²) in [5.74, 6) is 0. The van der Waals surface area contributed by atoms with E-state index >= 15 is 0 Å². The van der Waals surface area contributed by atoms with Gasteiger partial charge in [-0.2, -0.15) is 0 Å². The van der Waals surface area contributed by atoms with Gasteiger partial charge in [0, 0.05) is 10.3 Å². The van der Waals surface area contributed by atoms with Crippen molar-refractivity contribution in [3.05, 3.63) is 10.4 Å². The minimum Gasteiger partial charge on any atom is -0.123 e. The van der Waals surface area contributed by atoms with Crippen LogP contribution < -0.4 is 0 Å². The highest BCUT2D eigenvalue weighted by molar-refractivity contribution is 6.21. The lowest BCUT2D eigenvalue weighted by Gasteiger charge is -2.11. The Morgan fingerprint density at radius 1 is 1.27 bits per heavy atom. The molecule has 4 heteroatoms. The highest BCUT2D eigenvalue weighted by Crippen LogP contribution is 2.24. The summed E-state index contributed by atoms with van der Waals surface area (Å²) in [6.07, 6.45) is 5.49. The SMILES string of the molecule is [N-]=[N+]=N[C@@H]1CCCCC[C@@H]1Cl. The third-order valence-corrected chi connectivity index (χ3v) is 2.61.